The standard InChI is InChI=1S/C27H28N4O5/c1-27(17-32,16-29-26(34)21-15-28-24-6-4-5-13-31(21)24)19-8-10-20(11-9-19)30-25(33)18-7-12-22(35-2)23(14-18)36-3/h4-15,32H,16-17H2,1-3H3,(H,29,34)(H,30,33). The van der Waals surface area contributed by atoms with Crippen molar-refractivity contribution in [3.8, 4) is 11.5 Å². The van der Waals surface area contributed by atoms with Crippen LogP contribution < -0.4 is 20.1 Å². The summed E-state index contributed by atoms with van der Waals surface area (Å²) in [7, 11) is 3.04. The summed E-state index contributed by atoms with van der Waals surface area (Å²) >= 11 is 0. The van der Waals surface area contributed by atoms with E-state index in [4.69, 9.17) is 9.47 Å². The van der Waals surface area contributed by atoms with E-state index < -0.39 is 5.41 Å². The lowest BCUT2D eigenvalue weighted by Gasteiger charge is -2.28. The Morgan fingerprint density at radius 2 is 1.75 bits per heavy atom. The Hall–Kier alpha value is -4.37. The first-order valence-electron chi connectivity index (χ1n) is 11.3. The van der Waals surface area contributed by atoms with E-state index in [-0.39, 0.29) is 25.0 Å². The van der Waals surface area contributed by atoms with Gasteiger partial charge in [0.25, 0.3) is 11.8 Å². The molecule has 0 aliphatic heterocycles. The van der Waals surface area contributed by atoms with Crippen molar-refractivity contribution >= 4 is 23.1 Å². The van der Waals surface area contributed by atoms with Crippen molar-refractivity contribution in [2.75, 3.05) is 32.7 Å². The number of amides is 2. The first-order valence-corrected chi connectivity index (χ1v) is 11.3. The fraction of sp³-hybridized carbons (Fsp3) is 0.222. The summed E-state index contributed by atoms with van der Waals surface area (Å²) in [5.74, 6) is 0.418. The summed E-state index contributed by atoms with van der Waals surface area (Å²) in [5.41, 5.74) is 2.19. The third-order valence-corrected chi connectivity index (χ3v) is 6.12. The van der Waals surface area contributed by atoms with Crippen LogP contribution in [0.4, 0.5) is 5.69 Å². The Bertz CT molecular complexity index is 1380. The Kier molecular flexibility index (Phi) is 7.21. The molecule has 1 unspecified atom stereocenters. The van der Waals surface area contributed by atoms with Gasteiger partial charge in [-0.2, -0.15) is 0 Å². The van der Waals surface area contributed by atoms with Gasteiger partial charge in [0, 0.05) is 29.4 Å². The van der Waals surface area contributed by atoms with Crippen molar-refractivity contribution in [2.24, 2.45) is 0 Å². The van der Waals surface area contributed by atoms with Crippen LogP contribution in [0.1, 0.15) is 33.3 Å². The number of benzene rings is 2. The number of aliphatic hydroxyl groups is 1. The lowest BCUT2D eigenvalue weighted by molar-refractivity contribution is 0.0927. The summed E-state index contributed by atoms with van der Waals surface area (Å²) in [6, 6.07) is 17.6. The number of carbonyl (C=O) groups is 2. The molecule has 4 aromatic rings. The third-order valence-electron chi connectivity index (χ3n) is 6.12. The number of pyridine rings is 1. The van der Waals surface area contributed by atoms with Gasteiger partial charge in [-0.1, -0.05) is 25.1 Å². The number of hydrogen-bond donors (Lipinski definition) is 3. The maximum atomic E-state index is 12.8. The Morgan fingerprint density at radius 1 is 1.00 bits per heavy atom. The van der Waals surface area contributed by atoms with Crippen LogP contribution in [0.5, 0.6) is 11.5 Å². The zero-order valence-electron chi connectivity index (χ0n) is 20.3. The van der Waals surface area contributed by atoms with Crippen molar-refractivity contribution in [1.29, 1.82) is 0 Å². The van der Waals surface area contributed by atoms with E-state index in [9.17, 15) is 14.7 Å². The number of nitrogens with one attached hydrogen (secondary N) is 2. The Labute approximate surface area is 208 Å². The average molecular weight is 489 g/mol. The molecule has 9 nitrogen and oxygen atoms in total. The van der Waals surface area contributed by atoms with Crippen molar-refractivity contribution in [3.05, 3.63) is 89.9 Å². The van der Waals surface area contributed by atoms with Gasteiger partial charge in [-0.25, -0.2) is 4.98 Å². The normalized spacial score (nSPS) is 12.6. The molecule has 0 fully saturated rings. The number of fused-ring (bicyclic) bond motifs is 1. The average Bonchev–Trinajstić information content (AvgIpc) is 3.36. The molecule has 0 saturated carbocycles. The summed E-state index contributed by atoms with van der Waals surface area (Å²) in [4.78, 5) is 29.7. The molecule has 2 heterocycles. The molecule has 0 spiro atoms. The number of methoxy groups -OCH3 is 2. The quantitative estimate of drug-likeness (QED) is 0.333. The minimum Gasteiger partial charge on any atom is -0.493 e. The second-order valence-electron chi connectivity index (χ2n) is 8.57. The second kappa shape index (κ2) is 10.5. The van der Waals surface area contributed by atoms with Crippen molar-refractivity contribution < 1.29 is 24.2 Å². The minimum atomic E-state index is -0.734. The van der Waals surface area contributed by atoms with Gasteiger partial charge in [-0.3, -0.25) is 14.0 Å². The lowest BCUT2D eigenvalue weighted by Crippen LogP contribution is -2.41. The van der Waals surface area contributed by atoms with Crippen LogP contribution in [0.15, 0.2) is 73.1 Å². The van der Waals surface area contributed by atoms with Crippen LogP contribution in [0.3, 0.4) is 0 Å². The molecule has 0 aliphatic carbocycles. The van der Waals surface area contributed by atoms with Crippen LogP contribution in [-0.2, 0) is 5.41 Å². The molecule has 2 amide bonds. The highest BCUT2D eigenvalue weighted by Crippen LogP contribution is 2.28. The van der Waals surface area contributed by atoms with Gasteiger partial charge in [-0.05, 0) is 48.0 Å². The first kappa shape index (κ1) is 24.7. The highest BCUT2D eigenvalue weighted by molar-refractivity contribution is 6.04. The van der Waals surface area contributed by atoms with Gasteiger partial charge in [0.05, 0.1) is 27.0 Å². The number of aromatic nitrogens is 2. The van der Waals surface area contributed by atoms with Gasteiger partial charge < -0.3 is 25.2 Å². The zero-order valence-corrected chi connectivity index (χ0v) is 20.3. The number of anilines is 1. The molecule has 2 aromatic carbocycles. The molecule has 0 saturated heterocycles. The van der Waals surface area contributed by atoms with E-state index >= 15 is 0 Å². The van der Waals surface area contributed by atoms with E-state index in [2.05, 4.69) is 15.6 Å². The molecule has 186 valence electrons. The van der Waals surface area contributed by atoms with Crippen LogP contribution in [0, 0.1) is 0 Å². The van der Waals surface area contributed by atoms with Gasteiger partial charge in [0.2, 0.25) is 0 Å². The maximum Gasteiger partial charge on any atom is 0.269 e. The molecule has 0 aliphatic rings. The number of rotatable bonds is 9. The van der Waals surface area contributed by atoms with E-state index in [1.807, 2.05) is 37.3 Å². The smallest absolute Gasteiger partial charge is 0.269 e. The molecular weight excluding hydrogens is 460 g/mol. The molecule has 0 bridgehead atoms. The van der Waals surface area contributed by atoms with E-state index in [0.717, 1.165) is 5.56 Å². The zero-order chi connectivity index (χ0) is 25.7. The fourth-order valence-corrected chi connectivity index (χ4v) is 3.85. The van der Waals surface area contributed by atoms with Gasteiger partial charge in [0.15, 0.2) is 11.5 Å². The summed E-state index contributed by atoms with van der Waals surface area (Å²) in [6.07, 6.45) is 3.30. The van der Waals surface area contributed by atoms with Crippen molar-refractivity contribution in [1.82, 2.24) is 14.7 Å². The maximum absolute atomic E-state index is 12.8. The van der Waals surface area contributed by atoms with Crippen molar-refractivity contribution in [2.45, 2.75) is 12.3 Å². The molecule has 9 heteroatoms. The molecule has 3 N–H and O–H groups in total. The largest absolute Gasteiger partial charge is 0.493 e. The van der Waals surface area contributed by atoms with Crippen LogP contribution >= 0.6 is 0 Å². The minimum absolute atomic E-state index is 0.183. The molecular formula is C27H28N4O5. The molecule has 2 aromatic heterocycles. The number of nitrogens with zero attached hydrogens (tertiary/aromatic N) is 2. The summed E-state index contributed by atoms with van der Waals surface area (Å²) in [5, 5.41) is 15.9. The third kappa shape index (κ3) is 5.01. The number of imidazole rings is 1. The predicted molar refractivity (Wildman–Crippen MR) is 136 cm³/mol. The van der Waals surface area contributed by atoms with Gasteiger partial charge in [-0.15, -0.1) is 0 Å². The fourth-order valence-electron chi connectivity index (χ4n) is 3.85. The Morgan fingerprint density at radius 3 is 2.44 bits per heavy atom. The van der Waals surface area contributed by atoms with Crippen molar-refractivity contribution in [3.63, 3.8) is 0 Å². The number of aliphatic hydroxyl groups excluding tert-OH is 1. The molecule has 0 radical (unpaired) electrons. The number of carbonyl (C=O) groups excluding carboxylic acids is 2. The van der Waals surface area contributed by atoms with Gasteiger partial charge in [0.1, 0.15) is 11.3 Å². The van der Waals surface area contributed by atoms with Crippen LogP contribution in [0.25, 0.3) is 5.65 Å². The molecule has 1 atom stereocenters. The monoisotopic (exact) mass is 488 g/mol. The number of ether oxygens (including phenoxy) is 2. The number of hydrogen-bond acceptors (Lipinski definition) is 6. The summed E-state index contributed by atoms with van der Waals surface area (Å²) < 4.78 is 12.2. The predicted octanol–water partition coefficient (Wildman–Crippen LogP) is 3.28. The van der Waals surface area contributed by atoms with E-state index in [1.165, 1.54) is 20.4 Å². The SMILES string of the molecule is COc1ccc(C(=O)Nc2ccc(C(C)(CO)CNC(=O)c3cnc4ccccn34)cc2)cc1OC. The highest BCUT2D eigenvalue weighted by Gasteiger charge is 2.27. The highest BCUT2D eigenvalue weighted by atomic mass is 16.5. The molecule has 4 rings (SSSR count). The summed E-state index contributed by atoms with van der Waals surface area (Å²) in [6.45, 7) is 1.89. The van der Waals surface area contributed by atoms with Crippen LogP contribution in [0.2, 0.25) is 0 Å². The molecule has 36 heavy (non-hydrogen) atoms. The van der Waals surface area contributed by atoms with Gasteiger partial charge >= 0.3 is 0 Å². The second-order valence-corrected chi connectivity index (χ2v) is 8.57. The Balaban J connectivity index is 1.43. The lowest BCUT2D eigenvalue weighted by atomic mass is 9.83. The topological polar surface area (TPSA) is 114 Å². The first-order chi connectivity index (χ1) is 17.4. The van der Waals surface area contributed by atoms with E-state index in [0.29, 0.717) is 34.1 Å². The van der Waals surface area contributed by atoms with Crippen LogP contribution in [-0.4, -0.2) is 53.7 Å². The van der Waals surface area contributed by atoms with E-state index in [1.54, 1.807) is 40.9 Å².